The average molecular weight is 265 g/mol. The highest BCUT2D eigenvalue weighted by atomic mass is 15.3. The number of rotatable bonds is 3. The maximum atomic E-state index is 4.59. The summed E-state index contributed by atoms with van der Waals surface area (Å²) in [4.78, 5) is 9.04. The van der Waals surface area contributed by atoms with E-state index in [4.69, 9.17) is 0 Å². The first-order valence-corrected chi connectivity index (χ1v) is 7.21. The molecule has 20 heavy (non-hydrogen) atoms. The van der Waals surface area contributed by atoms with Gasteiger partial charge in [-0.05, 0) is 37.7 Å². The molecule has 5 heteroatoms. The zero-order chi connectivity index (χ0) is 13.2. The van der Waals surface area contributed by atoms with Gasteiger partial charge in [0.25, 0.3) is 0 Å². The lowest BCUT2D eigenvalue weighted by molar-refractivity contribution is 0.425. The summed E-state index contributed by atoms with van der Waals surface area (Å²) in [6.07, 6.45) is 15.0. The van der Waals surface area contributed by atoms with Gasteiger partial charge in [0, 0.05) is 30.3 Å². The number of hydrogen-bond acceptors (Lipinski definition) is 3. The van der Waals surface area contributed by atoms with E-state index in [1.807, 2.05) is 35.4 Å². The summed E-state index contributed by atoms with van der Waals surface area (Å²) in [5.74, 6) is 1.87. The number of hydrogen-bond donors (Lipinski definition) is 0. The lowest BCUT2D eigenvalue weighted by Crippen LogP contribution is -2.19. The first-order chi connectivity index (χ1) is 9.88. The fourth-order valence-corrected chi connectivity index (χ4v) is 3.44. The second-order valence-electron chi connectivity index (χ2n) is 5.94. The second kappa shape index (κ2) is 3.48. The molecule has 2 saturated carbocycles. The number of imidazole rings is 1. The zero-order valence-corrected chi connectivity index (χ0v) is 11.1. The van der Waals surface area contributed by atoms with Crippen LogP contribution >= 0.6 is 0 Å². The van der Waals surface area contributed by atoms with Gasteiger partial charge in [-0.15, -0.1) is 0 Å². The van der Waals surface area contributed by atoms with Crippen LogP contribution < -0.4 is 0 Å². The molecule has 0 spiro atoms. The molecular formula is C15H15N5. The van der Waals surface area contributed by atoms with Crippen LogP contribution in [0.2, 0.25) is 0 Å². The topological polar surface area (TPSA) is 48.0 Å². The summed E-state index contributed by atoms with van der Waals surface area (Å²) in [7, 11) is 0. The molecule has 0 amide bonds. The van der Waals surface area contributed by atoms with Gasteiger partial charge in [0.1, 0.15) is 5.82 Å². The molecule has 0 unspecified atom stereocenters. The SMILES string of the molecule is c1cnc2c(-c3nccn3C3(C4CC4)CC3)cnn2c1. The van der Waals surface area contributed by atoms with Crippen molar-refractivity contribution >= 4 is 5.65 Å². The van der Waals surface area contributed by atoms with E-state index >= 15 is 0 Å². The van der Waals surface area contributed by atoms with Crippen LogP contribution in [0.1, 0.15) is 25.7 Å². The molecule has 3 aromatic heterocycles. The first kappa shape index (κ1) is 10.6. The Labute approximate surface area is 116 Å². The molecule has 0 radical (unpaired) electrons. The van der Waals surface area contributed by atoms with Gasteiger partial charge in [-0.3, -0.25) is 0 Å². The fourth-order valence-electron chi connectivity index (χ4n) is 3.44. The van der Waals surface area contributed by atoms with E-state index in [-0.39, 0.29) is 0 Å². The van der Waals surface area contributed by atoms with Gasteiger partial charge in [0.15, 0.2) is 5.65 Å². The van der Waals surface area contributed by atoms with Crippen LogP contribution in [-0.4, -0.2) is 24.1 Å². The van der Waals surface area contributed by atoms with Gasteiger partial charge in [0.2, 0.25) is 0 Å². The molecule has 0 bridgehead atoms. The van der Waals surface area contributed by atoms with Crippen LogP contribution in [0.25, 0.3) is 17.0 Å². The van der Waals surface area contributed by atoms with Crippen LogP contribution in [0.3, 0.4) is 0 Å². The zero-order valence-electron chi connectivity index (χ0n) is 11.1. The van der Waals surface area contributed by atoms with Crippen LogP contribution in [0.15, 0.2) is 37.1 Å². The Bertz CT molecular complexity index is 791. The minimum atomic E-state index is 0.342. The number of nitrogens with zero attached hydrogens (tertiary/aromatic N) is 5. The third-order valence-electron chi connectivity index (χ3n) is 4.74. The Balaban J connectivity index is 1.70. The molecule has 0 aromatic carbocycles. The van der Waals surface area contributed by atoms with Crippen LogP contribution in [0.4, 0.5) is 0 Å². The predicted octanol–water partition coefficient (Wildman–Crippen LogP) is 2.49. The molecule has 5 nitrogen and oxygen atoms in total. The molecule has 3 aromatic rings. The van der Waals surface area contributed by atoms with E-state index in [1.165, 1.54) is 25.7 Å². The molecule has 3 heterocycles. The van der Waals surface area contributed by atoms with Crippen LogP contribution in [0.5, 0.6) is 0 Å². The van der Waals surface area contributed by atoms with E-state index in [1.54, 1.807) is 0 Å². The summed E-state index contributed by atoms with van der Waals surface area (Å²) >= 11 is 0. The molecule has 2 aliphatic carbocycles. The van der Waals surface area contributed by atoms with Crippen molar-refractivity contribution in [2.24, 2.45) is 5.92 Å². The third kappa shape index (κ3) is 1.30. The first-order valence-electron chi connectivity index (χ1n) is 7.21. The molecule has 0 N–H and O–H groups in total. The highest BCUT2D eigenvalue weighted by Crippen LogP contribution is 2.60. The van der Waals surface area contributed by atoms with Crippen molar-refractivity contribution in [1.29, 1.82) is 0 Å². The lowest BCUT2D eigenvalue weighted by atomic mass is 10.1. The van der Waals surface area contributed by atoms with Gasteiger partial charge in [-0.2, -0.15) is 5.10 Å². The molecule has 100 valence electrons. The molecule has 0 aliphatic heterocycles. The maximum Gasteiger partial charge on any atom is 0.165 e. The summed E-state index contributed by atoms with van der Waals surface area (Å²) in [5.41, 5.74) is 2.25. The quantitative estimate of drug-likeness (QED) is 0.731. The third-order valence-corrected chi connectivity index (χ3v) is 4.74. The summed E-state index contributed by atoms with van der Waals surface area (Å²) in [6.45, 7) is 0. The van der Waals surface area contributed by atoms with Crippen molar-refractivity contribution in [1.82, 2.24) is 24.1 Å². The van der Waals surface area contributed by atoms with Crippen molar-refractivity contribution < 1.29 is 0 Å². The van der Waals surface area contributed by atoms with Gasteiger partial charge in [-0.1, -0.05) is 0 Å². The Morgan fingerprint density at radius 1 is 1.10 bits per heavy atom. The highest BCUT2D eigenvalue weighted by molar-refractivity contribution is 5.72. The minimum absolute atomic E-state index is 0.342. The number of fused-ring (bicyclic) bond motifs is 1. The normalized spacial score (nSPS) is 20.4. The van der Waals surface area contributed by atoms with E-state index in [9.17, 15) is 0 Å². The predicted molar refractivity (Wildman–Crippen MR) is 74.1 cm³/mol. The van der Waals surface area contributed by atoms with Gasteiger partial charge < -0.3 is 4.57 Å². The van der Waals surface area contributed by atoms with E-state index in [2.05, 4.69) is 25.8 Å². The molecule has 2 fully saturated rings. The minimum Gasteiger partial charge on any atom is -0.324 e. The Morgan fingerprint density at radius 2 is 2.00 bits per heavy atom. The largest absolute Gasteiger partial charge is 0.324 e. The van der Waals surface area contributed by atoms with Crippen molar-refractivity contribution in [3.63, 3.8) is 0 Å². The van der Waals surface area contributed by atoms with Crippen LogP contribution in [-0.2, 0) is 5.54 Å². The van der Waals surface area contributed by atoms with Gasteiger partial charge in [0.05, 0.1) is 11.8 Å². The van der Waals surface area contributed by atoms with Crippen LogP contribution in [0, 0.1) is 5.92 Å². The Morgan fingerprint density at radius 3 is 2.80 bits per heavy atom. The smallest absolute Gasteiger partial charge is 0.165 e. The van der Waals surface area contributed by atoms with Crippen molar-refractivity contribution in [2.75, 3.05) is 0 Å². The molecular weight excluding hydrogens is 250 g/mol. The fraction of sp³-hybridized carbons (Fsp3) is 0.400. The summed E-state index contributed by atoms with van der Waals surface area (Å²) < 4.78 is 4.20. The average Bonchev–Trinajstić information content (AvgIpc) is 3.38. The standard InChI is InChI=1S/C15H15N5/c1-6-16-14-12(10-18-20(14)8-1)13-17-7-9-19(13)15(4-5-15)11-2-3-11/h1,6-11H,2-5H2. The monoisotopic (exact) mass is 265 g/mol. The molecule has 5 rings (SSSR count). The molecule has 2 aliphatic rings. The van der Waals surface area contributed by atoms with E-state index in [0.29, 0.717) is 5.54 Å². The second-order valence-corrected chi connectivity index (χ2v) is 5.94. The maximum absolute atomic E-state index is 4.59. The molecule has 0 saturated heterocycles. The molecule has 0 atom stereocenters. The van der Waals surface area contributed by atoms with Crippen molar-refractivity contribution in [2.45, 2.75) is 31.2 Å². The summed E-state index contributed by atoms with van der Waals surface area (Å²) in [6, 6.07) is 1.89. The van der Waals surface area contributed by atoms with E-state index in [0.717, 1.165) is 23.0 Å². The van der Waals surface area contributed by atoms with Gasteiger partial charge in [-0.25, -0.2) is 14.5 Å². The highest BCUT2D eigenvalue weighted by Gasteiger charge is 2.56. The number of aromatic nitrogens is 5. The van der Waals surface area contributed by atoms with Crippen molar-refractivity contribution in [3.8, 4) is 11.4 Å². The van der Waals surface area contributed by atoms with E-state index < -0.39 is 0 Å². The Hall–Kier alpha value is -2.17. The Kier molecular flexibility index (Phi) is 1.84. The van der Waals surface area contributed by atoms with Gasteiger partial charge >= 0.3 is 0 Å². The summed E-state index contributed by atoms with van der Waals surface area (Å²) in [5, 5.41) is 4.38. The van der Waals surface area contributed by atoms with Crippen molar-refractivity contribution in [3.05, 3.63) is 37.1 Å². The lowest BCUT2D eigenvalue weighted by Gasteiger charge is -2.18.